The quantitative estimate of drug-likeness (QED) is 0.0427. The number of ether oxygens (including phenoxy) is 2. The number of hydrogen-bond donors (Lipinski definition) is 3. The van der Waals surface area contributed by atoms with Gasteiger partial charge in [0.2, 0.25) is 11.8 Å². The Kier molecular flexibility index (Phi) is 19.8. The lowest BCUT2D eigenvalue weighted by atomic mass is 9.89. The van der Waals surface area contributed by atoms with Crippen LogP contribution in [0.15, 0.2) is 95.2 Å². The zero-order valence-corrected chi connectivity index (χ0v) is 53.6. The number of carbonyl (C=O) groups excluding carboxylic acids is 2. The highest BCUT2D eigenvalue weighted by atomic mass is 35.5. The number of sulfonamides is 2. The number of halogens is 2. The van der Waals surface area contributed by atoms with Crippen LogP contribution in [0.2, 0.25) is 10.3 Å². The van der Waals surface area contributed by atoms with Gasteiger partial charge < -0.3 is 24.6 Å². The SMILES string of the molecule is CN(CCCC1CCC(C)(C)C1)c1ccc(S(=O)(=O)NC(=O)c2ccc(-n3ccc(OCCC4(C)CC4)n3)nc2Cl)cn1.CN(CCCC1CNC(C)(C)C1)c1ccc(S(=O)(=O)NC(=O)c2ccc(-n3ccc(OCCC4(C)CC4)n3)nc2Cl)cn1. The van der Waals surface area contributed by atoms with Gasteiger partial charge in [-0.05, 0) is 187 Å². The van der Waals surface area contributed by atoms with Gasteiger partial charge >= 0.3 is 0 Å². The van der Waals surface area contributed by atoms with E-state index in [-0.39, 0.29) is 36.8 Å². The van der Waals surface area contributed by atoms with Crippen LogP contribution in [0.5, 0.6) is 11.8 Å². The molecule has 6 aromatic heterocycles. The van der Waals surface area contributed by atoms with Crippen LogP contribution in [0.3, 0.4) is 0 Å². The molecule has 10 rings (SSSR count). The highest BCUT2D eigenvalue weighted by Gasteiger charge is 2.38. The van der Waals surface area contributed by atoms with Crippen LogP contribution in [0.1, 0.15) is 152 Å². The topological polar surface area (TPSA) is 251 Å². The van der Waals surface area contributed by atoms with Crippen molar-refractivity contribution >= 4 is 66.7 Å². The summed E-state index contributed by atoms with van der Waals surface area (Å²) >= 11 is 12.6. The lowest BCUT2D eigenvalue weighted by Crippen LogP contribution is -2.31. The van der Waals surface area contributed by atoms with Crippen LogP contribution in [-0.2, 0) is 20.0 Å². The average molecular weight is 1260 g/mol. The molecule has 3 N–H and O–H groups in total. The van der Waals surface area contributed by atoms with Crippen LogP contribution < -0.4 is 34.0 Å². The smallest absolute Gasteiger partial charge is 0.268 e. The molecule has 2 amide bonds. The monoisotopic (exact) mass is 1260 g/mol. The maximum absolute atomic E-state index is 12.9. The second kappa shape index (κ2) is 26.5. The maximum atomic E-state index is 12.9. The molecule has 2 unspecified atom stereocenters. The molecule has 25 heteroatoms. The van der Waals surface area contributed by atoms with Crippen molar-refractivity contribution in [3.05, 3.63) is 107 Å². The van der Waals surface area contributed by atoms with Gasteiger partial charge in [0.1, 0.15) is 31.7 Å². The van der Waals surface area contributed by atoms with Crippen LogP contribution in [0, 0.1) is 28.1 Å². The van der Waals surface area contributed by atoms with Crippen molar-refractivity contribution in [2.45, 2.75) is 147 Å². The molecule has 1 saturated heterocycles. The Morgan fingerprint density at radius 2 is 1.08 bits per heavy atom. The van der Waals surface area contributed by atoms with Gasteiger partial charge in [0.05, 0.1) is 24.3 Å². The van der Waals surface area contributed by atoms with Gasteiger partial charge in [-0.3, -0.25) is 9.59 Å². The van der Waals surface area contributed by atoms with E-state index in [0.29, 0.717) is 70.4 Å². The number of hydrogen-bond acceptors (Lipinski definition) is 17. The molecule has 2 atom stereocenters. The Balaban J connectivity index is 0.000000205. The van der Waals surface area contributed by atoms with E-state index in [4.69, 9.17) is 32.7 Å². The number of amides is 2. The summed E-state index contributed by atoms with van der Waals surface area (Å²) in [5, 5.41) is 12.0. The van der Waals surface area contributed by atoms with Crippen molar-refractivity contribution in [3.8, 4) is 23.4 Å². The standard InChI is InChI=1S/C31H41ClN6O4S.C30H40ClN7O4S/c1-30(2)13-11-22(20-30)6-5-17-37(4)25-9-7-23(21-33-25)43(40,41)36-29(39)24-8-10-26(34-28(24)32)38-18-12-27(35-38)42-19-16-31(3)14-15-31;1-29(2)18-21(19-33-29)6-5-15-37(4)24-9-7-22(20-32-24)43(40,41)36-28(39)23-8-10-25(34-27(23)31)38-16-11-26(35-38)42-17-14-30(3)12-13-30/h7-10,12,18,21-22H,5-6,11,13-17,19-20H2,1-4H3,(H,36,39);7-11,16,20-21,33H,5-6,12-15,17-19H2,1-4H3,(H,36,39). The summed E-state index contributed by atoms with van der Waals surface area (Å²) in [5.41, 5.74) is 1.28. The first kappa shape index (κ1) is 64.1. The van der Waals surface area contributed by atoms with Crippen molar-refractivity contribution in [2.24, 2.45) is 28.1 Å². The number of anilines is 2. The van der Waals surface area contributed by atoms with Crippen LogP contribution in [0.25, 0.3) is 11.6 Å². The summed E-state index contributed by atoms with van der Waals surface area (Å²) in [7, 11) is -4.49. The van der Waals surface area contributed by atoms with Crippen molar-refractivity contribution in [1.82, 2.24) is 54.3 Å². The molecule has 4 aliphatic rings. The molecule has 21 nitrogen and oxygen atoms in total. The molecule has 86 heavy (non-hydrogen) atoms. The number of pyridine rings is 4. The van der Waals surface area contributed by atoms with E-state index in [1.54, 1.807) is 36.7 Å². The fourth-order valence-electron chi connectivity index (χ4n) is 11.0. The molecule has 3 saturated carbocycles. The second-order valence-electron chi connectivity index (χ2n) is 25.8. The maximum Gasteiger partial charge on any atom is 0.268 e. The first-order valence-electron chi connectivity index (χ1n) is 29.6. The summed E-state index contributed by atoms with van der Waals surface area (Å²) in [6.45, 7) is 17.5. The predicted octanol–water partition coefficient (Wildman–Crippen LogP) is 10.7. The van der Waals surface area contributed by atoms with E-state index in [0.717, 1.165) is 57.7 Å². The molecule has 0 spiro atoms. The summed E-state index contributed by atoms with van der Waals surface area (Å²) in [6, 6.07) is 15.5. The van der Waals surface area contributed by atoms with E-state index >= 15 is 0 Å². The zero-order valence-electron chi connectivity index (χ0n) is 50.5. The van der Waals surface area contributed by atoms with Crippen molar-refractivity contribution in [3.63, 3.8) is 0 Å². The van der Waals surface area contributed by atoms with Crippen molar-refractivity contribution in [2.75, 3.05) is 56.7 Å². The van der Waals surface area contributed by atoms with E-state index in [1.807, 2.05) is 23.9 Å². The van der Waals surface area contributed by atoms with E-state index < -0.39 is 31.9 Å². The van der Waals surface area contributed by atoms with E-state index in [2.05, 4.69) is 86.4 Å². The lowest BCUT2D eigenvalue weighted by molar-refractivity contribution is 0.0972. The number of nitrogens with one attached hydrogen (secondary N) is 3. The van der Waals surface area contributed by atoms with Crippen molar-refractivity contribution < 1.29 is 35.9 Å². The normalized spacial score (nSPS) is 18.8. The Bertz CT molecular complexity index is 3340. The van der Waals surface area contributed by atoms with Gasteiger partial charge in [0.25, 0.3) is 31.9 Å². The third kappa shape index (κ3) is 17.4. The molecule has 0 aromatic carbocycles. The highest BCUT2D eigenvalue weighted by Crippen LogP contribution is 2.49. The Hall–Kier alpha value is -6.40. The van der Waals surface area contributed by atoms with Gasteiger partial charge in [0.15, 0.2) is 11.6 Å². The van der Waals surface area contributed by atoms with Crippen LogP contribution >= 0.6 is 23.2 Å². The van der Waals surface area contributed by atoms with Gasteiger partial charge in [-0.15, -0.1) is 10.2 Å². The van der Waals surface area contributed by atoms with Gasteiger partial charge in [-0.25, -0.2) is 55.6 Å². The van der Waals surface area contributed by atoms with Gasteiger partial charge in [0, 0.05) is 69.6 Å². The molecule has 464 valence electrons. The van der Waals surface area contributed by atoms with Gasteiger partial charge in [-0.2, -0.15) is 0 Å². The Morgan fingerprint density at radius 3 is 1.45 bits per heavy atom. The third-order valence-electron chi connectivity index (χ3n) is 17.1. The molecule has 0 radical (unpaired) electrons. The minimum atomic E-state index is -4.19. The molecule has 1 aliphatic heterocycles. The minimum Gasteiger partial charge on any atom is -0.477 e. The molecule has 6 aromatic rings. The minimum absolute atomic E-state index is 0.0785. The fraction of sp³-hybridized carbons (Fsp3) is 0.541. The zero-order chi connectivity index (χ0) is 61.7. The van der Waals surface area contributed by atoms with Crippen LogP contribution in [-0.4, -0.2) is 121 Å². The van der Waals surface area contributed by atoms with E-state index in [9.17, 15) is 26.4 Å². The van der Waals surface area contributed by atoms with E-state index in [1.165, 1.54) is 116 Å². The van der Waals surface area contributed by atoms with Gasteiger partial charge in [-0.1, -0.05) is 50.9 Å². The molecular weight excluding hydrogens is 1180 g/mol. The fourth-order valence-corrected chi connectivity index (χ4v) is 13.3. The molecule has 3 aliphatic carbocycles. The lowest BCUT2D eigenvalue weighted by Gasteiger charge is -2.20. The largest absolute Gasteiger partial charge is 0.477 e. The summed E-state index contributed by atoms with van der Waals surface area (Å²) in [4.78, 5) is 46.6. The first-order valence-corrected chi connectivity index (χ1v) is 33.3. The first-order chi connectivity index (χ1) is 40.6. The Labute approximate surface area is 515 Å². The van der Waals surface area contributed by atoms with Crippen molar-refractivity contribution in [1.29, 1.82) is 0 Å². The summed E-state index contributed by atoms with van der Waals surface area (Å²) in [5.74, 6) is 2.63. The van der Waals surface area contributed by atoms with Crippen LogP contribution in [0.4, 0.5) is 11.6 Å². The summed E-state index contributed by atoms with van der Waals surface area (Å²) < 4.78 is 70.4. The molecule has 7 heterocycles. The predicted molar refractivity (Wildman–Crippen MR) is 332 cm³/mol. The summed E-state index contributed by atoms with van der Waals surface area (Å²) in [6.07, 6.45) is 22.1. The number of rotatable bonds is 26. The number of aromatic nitrogens is 8. The molecule has 0 bridgehead atoms. The Morgan fingerprint density at radius 1 is 0.628 bits per heavy atom. The molecular formula is C61H81Cl2N13O8S2. The number of nitrogens with zero attached hydrogens (tertiary/aromatic N) is 10. The highest BCUT2D eigenvalue weighted by molar-refractivity contribution is 7.90. The second-order valence-corrected chi connectivity index (χ2v) is 29.9. The molecule has 4 fully saturated rings. The number of carbonyl (C=O) groups is 2. The average Bonchev–Trinajstić information content (AvgIpc) is 2.09. The third-order valence-corrected chi connectivity index (χ3v) is 20.3.